The average Bonchev–Trinajstić information content (AvgIpc) is 2.62. The SMILES string of the molecule is CC(=S)N1CCN(C2CCC(N)CC2)CC1.O=C(O)C(F)(F)F.O=C(O)C(F)(F)F. The molecule has 2 aliphatic rings. The third-order valence-electron chi connectivity index (χ3n) is 4.50. The number of rotatable bonds is 1. The average molecular weight is 469 g/mol. The molecule has 14 heteroatoms. The molecule has 7 nitrogen and oxygen atoms in total. The Morgan fingerprint density at radius 3 is 1.47 bits per heavy atom. The Morgan fingerprint density at radius 2 is 1.20 bits per heavy atom. The molecule has 0 spiro atoms. The van der Waals surface area contributed by atoms with Crippen LogP contribution in [0.25, 0.3) is 0 Å². The molecule has 0 aromatic rings. The summed E-state index contributed by atoms with van der Waals surface area (Å²) in [5.74, 6) is -5.51. The second kappa shape index (κ2) is 12.2. The molecule has 0 aromatic carbocycles. The normalized spacial score (nSPS) is 22.7. The molecule has 0 radical (unpaired) electrons. The van der Waals surface area contributed by atoms with Gasteiger partial charge >= 0.3 is 24.3 Å². The molecule has 1 aliphatic heterocycles. The van der Waals surface area contributed by atoms with E-state index < -0.39 is 24.3 Å². The first-order chi connectivity index (χ1) is 13.6. The molecular formula is C16H25F6N3O4S. The summed E-state index contributed by atoms with van der Waals surface area (Å²) in [6.07, 6.45) is -5.18. The van der Waals surface area contributed by atoms with E-state index in [1.807, 2.05) is 6.92 Å². The van der Waals surface area contributed by atoms with Gasteiger partial charge in [-0.1, -0.05) is 12.2 Å². The van der Waals surface area contributed by atoms with Crippen LogP contribution in [-0.2, 0) is 9.59 Å². The third kappa shape index (κ3) is 11.5. The Hall–Kier alpha value is -1.67. The van der Waals surface area contributed by atoms with Crippen molar-refractivity contribution in [1.82, 2.24) is 9.80 Å². The first-order valence-corrected chi connectivity index (χ1v) is 9.31. The number of piperazine rings is 1. The maximum Gasteiger partial charge on any atom is 0.490 e. The molecule has 0 amide bonds. The first kappa shape index (κ1) is 28.3. The quantitative estimate of drug-likeness (QED) is 0.397. The summed E-state index contributed by atoms with van der Waals surface area (Å²) in [5.41, 5.74) is 5.94. The summed E-state index contributed by atoms with van der Waals surface area (Å²) in [6.45, 7) is 6.60. The maximum absolute atomic E-state index is 10.6. The van der Waals surface area contributed by atoms with E-state index in [-0.39, 0.29) is 0 Å². The Morgan fingerprint density at radius 1 is 0.867 bits per heavy atom. The lowest BCUT2D eigenvalue weighted by molar-refractivity contribution is -0.193. The van der Waals surface area contributed by atoms with Crippen LogP contribution in [0.15, 0.2) is 0 Å². The molecule has 1 heterocycles. The molecule has 4 N–H and O–H groups in total. The van der Waals surface area contributed by atoms with Crippen LogP contribution >= 0.6 is 12.2 Å². The summed E-state index contributed by atoms with van der Waals surface area (Å²) >= 11 is 5.22. The van der Waals surface area contributed by atoms with Crippen LogP contribution in [-0.4, -0.2) is 87.6 Å². The molecule has 0 atom stereocenters. The minimum Gasteiger partial charge on any atom is -0.475 e. The number of hydrogen-bond donors (Lipinski definition) is 3. The minimum atomic E-state index is -5.08. The fraction of sp³-hybridized carbons (Fsp3) is 0.812. The minimum absolute atomic E-state index is 0.459. The number of aliphatic carboxylic acids is 2. The van der Waals surface area contributed by atoms with E-state index in [0.717, 1.165) is 24.1 Å². The number of hydrogen-bond acceptors (Lipinski definition) is 5. The molecule has 1 saturated carbocycles. The lowest BCUT2D eigenvalue weighted by Gasteiger charge is -2.42. The van der Waals surface area contributed by atoms with Gasteiger partial charge in [0.15, 0.2) is 0 Å². The van der Waals surface area contributed by atoms with E-state index in [2.05, 4.69) is 9.80 Å². The number of alkyl halides is 6. The van der Waals surface area contributed by atoms with Crippen LogP contribution in [0.5, 0.6) is 0 Å². The number of halogens is 6. The number of thiocarbonyl (C=S) groups is 1. The fourth-order valence-electron chi connectivity index (χ4n) is 2.87. The van der Waals surface area contributed by atoms with Gasteiger partial charge in [0.05, 0.1) is 4.99 Å². The van der Waals surface area contributed by atoms with Gasteiger partial charge < -0.3 is 20.8 Å². The monoisotopic (exact) mass is 469 g/mol. The summed E-state index contributed by atoms with van der Waals surface area (Å²) in [7, 11) is 0. The number of nitrogens with two attached hydrogens (primary N) is 1. The fourth-order valence-corrected chi connectivity index (χ4v) is 3.05. The van der Waals surface area contributed by atoms with E-state index in [1.54, 1.807) is 0 Å². The van der Waals surface area contributed by atoms with Crippen LogP contribution in [0.2, 0.25) is 0 Å². The lowest BCUT2D eigenvalue weighted by Crippen LogP contribution is -2.52. The molecule has 1 aliphatic carbocycles. The molecular weight excluding hydrogens is 444 g/mol. The first-order valence-electron chi connectivity index (χ1n) is 8.91. The molecule has 2 rings (SSSR count). The van der Waals surface area contributed by atoms with Crippen molar-refractivity contribution in [3.63, 3.8) is 0 Å². The topological polar surface area (TPSA) is 107 Å². The maximum atomic E-state index is 10.6. The van der Waals surface area contributed by atoms with Gasteiger partial charge in [0.1, 0.15) is 0 Å². The van der Waals surface area contributed by atoms with Gasteiger partial charge in [-0.3, -0.25) is 4.90 Å². The van der Waals surface area contributed by atoms with Crippen LogP contribution in [0.3, 0.4) is 0 Å². The molecule has 176 valence electrons. The lowest BCUT2D eigenvalue weighted by atomic mass is 9.90. The van der Waals surface area contributed by atoms with Crippen molar-refractivity contribution in [3.05, 3.63) is 0 Å². The number of nitrogens with zero attached hydrogens (tertiary/aromatic N) is 2. The van der Waals surface area contributed by atoms with Crippen molar-refractivity contribution in [2.75, 3.05) is 26.2 Å². The molecule has 0 unspecified atom stereocenters. The Balaban J connectivity index is 0.000000503. The van der Waals surface area contributed by atoms with E-state index in [4.69, 9.17) is 37.8 Å². The Kier molecular flexibility index (Phi) is 11.6. The summed E-state index contributed by atoms with van der Waals surface area (Å²) < 4.78 is 63.5. The van der Waals surface area contributed by atoms with Gasteiger partial charge in [0, 0.05) is 38.3 Å². The van der Waals surface area contributed by atoms with E-state index in [9.17, 15) is 26.3 Å². The highest BCUT2D eigenvalue weighted by molar-refractivity contribution is 7.80. The van der Waals surface area contributed by atoms with E-state index in [0.29, 0.717) is 6.04 Å². The Bertz CT molecular complexity index is 548. The predicted octanol–water partition coefficient (Wildman–Crippen LogP) is 2.49. The molecule has 2 fully saturated rings. The van der Waals surface area contributed by atoms with E-state index in [1.165, 1.54) is 38.8 Å². The standard InChI is InChI=1S/C12H23N3S.2C2HF3O2/c1-10(16)14-6-8-15(9-7-14)12-4-2-11(13)3-5-12;2*3-2(4,5)1(6)7/h11-12H,2-9,13H2,1H3;2*(H,6,7). The van der Waals surface area contributed by atoms with Crippen LogP contribution in [0, 0.1) is 0 Å². The highest BCUT2D eigenvalue weighted by Crippen LogP contribution is 2.23. The zero-order chi connectivity index (χ0) is 23.7. The van der Waals surface area contributed by atoms with Crippen LogP contribution in [0.4, 0.5) is 26.3 Å². The largest absolute Gasteiger partial charge is 0.490 e. The molecule has 1 saturated heterocycles. The van der Waals surface area contributed by atoms with E-state index >= 15 is 0 Å². The third-order valence-corrected chi connectivity index (χ3v) is 4.76. The predicted molar refractivity (Wildman–Crippen MR) is 99.0 cm³/mol. The van der Waals surface area contributed by atoms with Crippen molar-refractivity contribution >= 4 is 29.1 Å². The van der Waals surface area contributed by atoms with Crippen molar-refractivity contribution in [2.45, 2.75) is 57.0 Å². The van der Waals surface area contributed by atoms with Gasteiger partial charge in [-0.05, 0) is 32.6 Å². The molecule has 30 heavy (non-hydrogen) atoms. The number of carboxylic acid groups (broad SMARTS) is 2. The van der Waals surface area contributed by atoms with Crippen molar-refractivity contribution in [3.8, 4) is 0 Å². The van der Waals surface area contributed by atoms with Crippen LogP contribution in [0.1, 0.15) is 32.6 Å². The molecule has 0 bridgehead atoms. The zero-order valence-electron chi connectivity index (χ0n) is 16.2. The van der Waals surface area contributed by atoms with Gasteiger partial charge in [-0.25, -0.2) is 9.59 Å². The molecule has 0 aromatic heterocycles. The summed E-state index contributed by atoms with van der Waals surface area (Å²) in [5, 5.41) is 14.2. The van der Waals surface area contributed by atoms with Gasteiger partial charge in [-0.15, -0.1) is 0 Å². The van der Waals surface area contributed by atoms with Gasteiger partial charge in [-0.2, -0.15) is 26.3 Å². The second-order valence-electron chi connectivity index (χ2n) is 6.72. The van der Waals surface area contributed by atoms with Crippen LogP contribution < -0.4 is 5.73 Å². The summed E-state index contributed by atoms with van der Waals surface area (Å²) in [4.78, 5) is 23.8. The number of carbonyl (C=O) groups is 2. The Labute approximate surface area is 174 Å². The zero-order valence-corrected chi connectivity index (χ0v) is 17.0. The smallest absolute Gasteiger partial charge is 0.475 e. The van der Waals surface area contributed by atoms with Crippen molar-refractivity contribution in [1.29, 1.82) is 0 Å². The highest BCUT2D eigenvalue weighted by Gasteiger charge is 2.38. The van der Waals surface area contributed by atoms with Crippen molar-refractivity contribution < 1.29 is 46.1 Å². The van der Waals surface area contributed by atoms with Gasteiger partial charge in [0.2, 0.25) is 0 Å². The van der Waals surface area contributed by atoms with Gasteiger partial charge in [0.25, 0.3) is 0 Å². The summed E-state index contributed by atoms with van der Waals surface area (Å²) in [6, 6.07) is 1.24. The van der Waals surface area contributed by atoms with Crippen molar-refractivity contribution in [2.24, 2.45) is 5.73 Å². The number of carboxylic acids is 2. The second-order valence-corrected chi connectivity index (χ2v) is 7.31. The highest BCUT2D eigenvalue weighted by atomic mass is 32.1.